The van der Waals surface area contributed by atoms with Crippen molar-refractivity contribution >= 4 is 35.6 Å². The van der Waals surface area contributed by atoms with Crippen LogP contribution < -0.4 is 20.5 Å². The van der Waals surface area contributed by atoms with Gasteiger partial charge >= 0.3 is 0 Å². The zero-order valence-electron chi connectivity index (χ0n) is 14.0. The maximum absolute atomic E-state index is 5.91. The normalized spacial score (nSPS) is 10.7. The molecule has 0 atom stereocenters. The second kappa shape index (κ2) is 10.7. The number of nitrogens with one attached hydrogen (secondary N) is 1. The average molecular weight is 441 g/mol. The molecule has 0 saturated heterocycles. The monoisotopic (exact) mass is 441 g/mol. The first-order chi connectivity index (χ1) is 11.2. The van der Waals surface area contributed by atoms with E-state index in [1.807, 2.05) is 36.4 Å². The highest BCUT2D eigenvalue weighted by atomic mass is 127. The number of hydrogen-bond donors (Lipinski definition) is 2. The fourth-order valence-electron chi connectivity index (χ4n) is 2.23. The molecular formula is C18H24IN3O2. The number of rotatable bonds is 7. The van der Waals surface area contributed by atoms with Crippen molar-refractivity contribution in [2.75, 3.05) is 26.1 Å². The largest absolute Gasteiger partial charge is 0.493 e. The molecule has 0 fully saturated rings. The number of benzene rings is 2. The molecule has 0 radical (unpaired) electrons. The minimum absolute atomic E-state index is 0. The van der Waals surface area contributed by atoms with Gasteiger partial charge in [-0.05, 0) is 30.5 Å². The molecule has 5 nitrogen and oxygen atoms in total. The average Bonchev–Trinajstić information content (AvgIpc) is 2.59. The Kier molecular flexibility index (Phi) is 8.99. The van der Waals surface area contributed by atoms with Crippen LogP contribution in [0.25, 0.3) is 0 Å². The van der Waals surface area contributed by atoms with Gasteiger partial charge in [0, 0.05) is 18.3 Å². The van der Waals surface area contributed by atoms with Crippen LogP contribution in [0.4, 0.5) is 5.69 Å². The van der Waals surface area contributed by atoms with E-state index in [4.69, 9.17) is 15.2 Å². The number of aryl methyl sites for hydroxylation is 1. The number of ether oxygens (including phenoxy) is 2. The molecule has 0 spiro atoms. The van der Waals surface area contributed by atoms with Gasteiger partial charge in [0.25, 0.3) is 0 Å². The van der Waals surface area contributed by atoms with Crippen molar-refractivity contribution < 1.29 is 9.47 Å². The van der Waals surface area contributed by atoms with Crippen molar-refractivity contribution in [2.24, 2.45) is 10.7 Å². The molecule has 2 rings (SSSR count). The minimum Gasteiger partial charge on any atom is -0.493 e. The molecule has 0 bridgehead atoms. The molecular weight excluding hydrogens is 417 g/mol. The molecule has 0 aliphatic rings. The van der Waals surface area contributed by atoms with Crippen LogP contribution in [0.5, 0.6) is 11.5 Å². The Morgan fingerprint density at radius 1 is 1.04 bits per heavy atom. The smallest absolute Gasteiger partial charge is 0.193 e. The third-order valence-electron chi connectivity index (χ3n) is 3.40. The first kappa shape index (κ1) is 20.1. The molecule has 24 heavy (non-hydrogen) atoms. The lowest BCUT2D eigenvalue weighted by molar-refractivity contribution is 0.355. The Hall–Kier alpha value is -1.96. The molecule has 0 saturated carbocycles. The molecule has 0 unspecified atom stereocenters. The van der Waals surface area contributed by atoms with Crippen molar-refractivity contribution in [3.63, 3.8) is 0 Å². The van der Waals surface area contributed by atoms with Crippen LogP contribution >= 0.6 is 24.0 Å². The summed E-state index contributed by atoms with van der Waals surface area (Å²) in [5.41, 5.74) is 8.04. The highest BCUT2D eigenvalue weighted by Crippen LogP contribution is 2.29. The first-order valence-corrected chi connectivity index (χ1v) is 7.56. The van der Waals surface area contributed by atoms with Gasteiger partial charge < -0.3 is 20.5 Å². The molecule has 6 heteroatoms. The lowest BCUT2D eigenvalue weighted by Gasteiger charge is -2.10. The molecule has 3 N–H and O–H groups in total. The maximum Gasteiger partial charge on any atom is 0.193 e. The Bertz CT molecular complexity index is 648. The van der Waals surface area contributed by atoms with E-state index in [2.05, 4.69) is 22.4 Å². The summed E-state index contributed by atoms with van der Waals surface area (Å²) in [4.78, 5) is 4.34. The van der Waals surface area contributed by atoms with Crippen LogP contribution in [-0.4, -0.2) is 26.7 Å². The highest BCUT2D eigenvalue weighted by molar-refractivity contribution is 14.0. The van der Waals surface area contributed by atoms with Crippen molar-refractivity contribution in [3.05, 3.63) is 54.1 Å². The summed E-state index contributed by atoms with van der Waals surface area (Å²) in [6, 6.07) is 15.9. The van der Waals surface area contributed by atoms with E-state index in [9.17, 15) is 0 Å². The Balaban J connectivity index is 0.00000288. The van der Waals surface area contributed by atoms with E-state index in [-0.39, 0.29) is 24.0 Å². The van der Waals surface area contributed by atoms with E-state index >= 15 is 0 Å². The number of aliphatic imine (C=N–C) groups is 1. The van der Waals surface area contributed by atoms with E-state index in [1.165, 1.54) is 5.56 Å². The van der Waals surface area contributed by atoms with Gasteiger partial charge in [0.2, 0.25) is 0 Å². The van der Waals surface area contributed by atoms with Crippen LogP contribution in [0.2, 0.25) is 0 Å². The lowest BCUT2D eigenvalue weighted by atomic mass is 10.1. The van der Waals surface area contributed by atoms with Gasteiger partial charge in [-0.1, -0.05) is 30.3 Å². The lowest BCUT2D eigenvalue weighted by Crippen LogP contribution is -2.22. The number of anilines is 1. The number of nitrogens with zero attached hydrogens (tertiary/aromatic N) is 1. The second-order valence-corrected chi connectivity index (χ2v) is 5.05. The van der Waals surface area contributed by atoms with Gasteiger partial charge in [-0.25, -0.2) is 0 Å². The van der Waals surface area contributed by atoms with Crippen molar-refractivity contribution in [1.82, 2.24) is 0 Å². The summed E-state index contributed by atoms with van der Waals surface area (Å²) in [5.74, 6) is 1.72. The molecule has 2 aromatic rings. The van der Waals surface area contributed by atoms with E-state index in [0.717, 1.165) is 18.5 Å². The summed E-state index contributed by atoms with van der Waals surface area (Å²) in [5, 5.41) is 3.06. The molecule has 130 valence electrons. The zero-order chi connectivity index (χ0) is 16.5. The molecule has 2 aromatic carbocycles. The molecule has 0 aliphatic carbocycles. The maximum atomic E-state index is 5.91. The number of halogens is 1. The molecule has 0 aromatic heterocycles. The first-order valence-electron chi connectivity index (χ1n) is 7.56. The molecule has 0 amide bonds. The quantitative estimate of drug-likeness (QED) is 0.298. The summed E-state index contributed by atoms with van der Waals surface area (Å²) >= 11 is 0. The highest BCUT2D eigenvalue weighted by Gasteiger charge is 2.04. The van der Waals surface area contributed by atoms with Crippen LogP contribution in [0.3, 0.4) is 0 Å². The Morgan fingerprint density at radius 3 is 2.42 bits per heavy atom. The summed E-state index contributed by atoms with van der Waals surface area (Å²) < 4.78 is 10.5. The number of nitrogens with two attached hydrogens (primary N) is 1. The number of methoxy groups -OCH3 is 2. The van der Waals surface area contributed by atoms with Gasteiger partial charge in [-0.15, -0.1) is 24.0 Å². The summed E-state index contributed by atoms with van der Waals surface area (Å²) in [7, 11) is 3.20. The van der Waals surface area contributed by atoms with Crippen LogP contribution in [-0.2, 0) is 6.42 Å². The summed E-state index contributed by atoms with van der Waals surface area (Å²) in [6.07, 6.45) is 1.95. The standard InChI is InChI=1S/C18H23N3O2.HI/c1-22-16-11-10-15(13-17(16)23-2)21-18(19)20-12-6-9-14-7-4-3-5-8-14;/h3-5,7-8,10-11,13H,6,9,12H2,1-2H3,(H3,19,20,21);1H. The fourth-order valence-corrected chi connectivity index (χ4v) is 2.23. The van der Waals surface area contributed by atoms with Gasteiger partial charge in [-0.2, -0.15) is 0 Å². The van der Waals surface area contributed by atoms with Gasteiger partial charge in [0.05, 0.1) is 14.2 Å². The third-order valence-corrected chi connectivity index (χ3v) is 3.40. The molecule has 0 heterocycles. The van der Waals surface area contributed by atoms with Crippen molar-refractivity contribution in [2.45, 2.75) is 12.8 Å². The number of hydrogen-bond acceptors (Lipinski definition) is 3. The Morgan fingerprint density at radius 2 is 1.75 bits per heavy atom. The van der Waals surface area contributed by atoms with Gasteiger partial charge in [0.1, 0.15) is 0 Å². The topological polar surface area (TPSA) is 68.9 Å². The summed E-state index contributed by atoms with van der Waals surface area (Å²) in [6.45, 7) is 0.682. The van der Waals surface area contributed by atoms with E-state index < -0.39 is 0 Å². The van der Waals surface area contributed by atoms with Crippen molar-refractivity contribution in [1.29, 1.82) is 0 Å². The van der Waals surface area contributed by atoms with Crippen molar-refractivity contribution in [3.8, 4) is 11.5 Å². The third kappa shape index (κ3) is 6.27. The second-order valence-electron chi connectivity index (χ2n) is 5.05. The molecule has 0 aliphatic heterocycles. The minimum atomic E-state index is 0. The van der Waals surface area contributed by atoms with Crippen LogP contribution in [0.1, 0.15) is 12.0 Å². The fraction of sp³-hybridized carbons (Fsp3) is 0.278. The SMILES string of the molecule is COc1ccc(NC(N)=NCCCc2ccccc2)cc1OC.I. The van der Waals surface area contributed by atoms with Gasteiger partial charge in [-0.3, -0.25) is 4.99 Å². The van der Waals surface area contributed by atoms with Crippen LogP contribution in [0, 0.1) is 0 Å². The van der Waals surface area contributed by atoms with Gasteiger partial charge in [0.15, 0.2) is 17.5 Å². The zero-order valence-corrected chi connectivity index (χ0v) is 16.3. The van der Waals surface area contributed by atoms with E-state index in [1.54, 1.807) is 14.2 Å². The van der Waals surface area contributed by atoms with Crippen LogP contribution in [0.15, 0.2) is 53.5 Å². The Labute approximate surface area is 160 Å². The number of guanidine groups is 1. The predicted octanol–water partition coefficient (Wildman–Crippen LogP) is 3.68. The predicted molar refractivity (Wildman–Crippen MR) is 110 cm³/mol. The van der Waals surface area contributed by atoms with E-state index in [0.29, 0.717) is 24.0 Å².